The number of amides is 1. The van der Waals surface area contributed by atoms with Crippen LogP contribution in [0.5, 0.6) is 0 Å². The van der Waals surface area contributed by atoms with E-state index in [9.17, 15) is 13.2 Å². The Kier molecular flexibility index (Phi) is 4.43. The van der Waals surface area contributed by atoms with Crippen molar-refractivity contribution in [2.24, 2.45) is 0 Å². The number of aromatic nitrogens is 1. The van der Waals surface area contributed by atoms with E-state index in [0.717, 1.165) is 6.26 Å². The molecule has 16 heavy (non-hydrogen) atoms. The summed E-state index contributed by atoms with van der Waals surface area (Å²) >= 11 is 3.15. The van der Waals surface area contributed by atoms with Gasteiger partial charge >= 0.3 is 0 Å². The van der Waals surface area contributed by atoms with Crippen molar-refractivity contribution >= 4 is 37.4 Å². The molecule has 0 spiro atoms. The lowest BCUT2D eigenvalue weighted by molar-refractivity contribution is -0.115. The minimum absolute atomic E-state index is 0.00834. The Morgan fingerprint density at radius 2 is 2.19 bits per heavy atom. The van der Waals surface area contributed by atoms with Crippen LogP contribution in [0.15, 0.2) is 23.4 Å². The molecule has 1 amide bonds. The number of rotatable bonds is 4. The van der Waals surface area contributed by atoms with E-state index in [1.54, 1.807) is 0 Å². The normalized spacial score (nSPS) is 11.1. The van der Waals surface area contributed by atoms with Gasteiger partial charge in [0.25, 0.3) is 0 Å². The summed E-state index contributed by atoms with van der Waals surface area (Å²) in [4.78, 5) is 15.0. The summed E-state index contributed by atoms with van der Waals surface area (Å²) in [6, 6.07) is 2.87. The molecule has 0 saturated heterocycles. The molecule has 0 aliphatic heterocycles. The van der Waals surface area contributed by atoms with Crippen molar-refractivity contribution in [1.82, 2.24) is 4.98 Å². The van der Waals surface area contributed by atoms with Crippen molar-refractivity contribution in [3.63, 3.8) is 0 Å². The highest BCUT2D eigenvalue weighted by atomic mass is 79.9. The van der Waals surface area contributed by atoms with Crippen LogP contribution in [-0.2, 0) is 14.6 Å². The highest BCUT2D eigenvalue weighted by molar-refractivity contribution is 9.09. The number of pyridine rings is 1. The zero-order valence-corrected chi connectivity index (χ0v) is 11.0. The van der Waals surface area contributed by atoms with Gasteiger partial charge in [0.1, 0.15) is 0 Å². The molecule has 0 aromatic carbocycles. The van der Waals surface area contributed by atoms with Gasteiger partial charge in [0.2, 0.25) is 5.91 Å². The molecule has 1 aromatic rings. The predicted octanol–water partition coefficient (Wildman–Crippen LogP) is 1.21. The van der Waals surface area contributed by atoms with Crippen LogP contribution in [0.3, 0.4) is 0 Å². The van der Waals surface area contributed by atoms with Crippen molar-refractivity contribution in [2.45, 2.75) is 11.4 Å². The maximum atomic E-state index is 11.2. The number of nitrogens with zero attached hydrogens (tertiary/aromatic N) is 1. The monoisotopic (exact) mass is 306 g/mol. The van der Waals surface area contributed by atoms with E-state index >= 15 is 0 Å². The molecule has 1 rings (SSSR count). The van der Waals surface area contributed by atoms with Gasteiger partial charge in [-0.25, -0.2) is 13.4 Å². The fraction of sp³-hybridized carbons (Fsp3) is 0.333. The summed E-state index contributed by atoms with van der Waals surface area (Å²) in [5.74, 6) is -0.147. The molecule has 0 saturated carbocycles. The second kappa shape index (κ2) is 5.40. The Morgan fingerprint density at radius 1 is 1.50 bits per heavy atom. The lowest BCUT2D eigenvalue weighted by atomic mass is 10.4. The first-order chi connectivity index (χ1) is 7.43. The van der Waals surface area contributed by atoms with Crippen molar-refractivity contribution in [1.29, 1.82) is 0 Å². The second-order valence-electron chi connectivity index (χ2n) is 3.14. The van der Waals surface area contributed by atoms with Crippen LogP contribution in [0.2, 0.25) is 0 Å². The third kappa shape index (κ3) is 3.90. The van der Waals surface area contributed by atoms with Crippen LogP contribution in [0.1, 0.15) is 6.42 Å². The van der Waals surface area contributed by atoms with Crippen LogP contribution < -0.4 is 5.32 Å². The number of sulfone groups is 1. The standard InChI is InChI=1S/C9H11BrN2O3S/c1-16(14,15)9-3-2-7(6-11-9)12-8(13)4-5-10/h2-3,6H,4-5H2,1H3,(H,12,13). The zero-order valence-electron chi connectivity index (χ0n) is 8.60. The SMILES string of the molecule is CS(=O)(=O)c1ccc(NC(=O)CCBr)cn1. The molecule has 1 N–H and O–H groups in total. The van der Waals surface area contributed by atoms with Crippen molar-refractivity contribution in [2.75, 3.05) is 16.9 Å². The third-order valence-corrected chi connectivity index (χ3v) is 3.12. The van der Waals surface area contributed by atoms with E-state index in [1.807, 2.05) is 0 Å². The number of nitrogens with one attached hydrogen (secondary N) is 1. The Balaban J connectivity index is 2.76. The van der Waals surface area contributed by atoms with E-state index in [-0.39, 0.29) is 10.9 Å². The van der Waals surface area contributed by atoms with Gasteiger partial charge in [-0.05, 0) is 12.1 Å². The number of hydrogen-bond acceptors (Lipinski definition) is 4. The number of hydrogen-bond donors (Lipinski definition) is 1. The van der Waals surface area contributed by atoms with Gasteiger partial charge in [0.15, 0.2) is 14.9 Å². The van der Waals surface area contributed by atoms with E-state index in [4.69, 9.17) is 0 Å². The molecule has 0 bridgehead atoms. The first kappa shape index (κ1) is 13.1. The molecular formula is C9H11BrN2O3S. The third-order valence-electron chi connectivity index (χ3n) is 1.72. The van der Waals surface area contributed by atoms with Gasteiger partial charge in [-0.1, -0.05) is 15.9 Å². The summed E-state index contributed by atoms with van der Waals surface area (Å²) < 4.78 is 22.2. The Hall–Kier alpha value is -0.950. The van der Waals surface area contributed by atoms with Crippen LogP contribution in [0.25, 0.3) is 0 Å². The summed E-state index contributed by atoms with van der Waals surface area (Å²) in [5.41, 5.74) is 0.485. The van der Waals surface area contributed by atoms with Crippen molar-refractivity contribution in [3.05, 3.63) is 18.3 Å². The Labute approximate surface area is 102 Å². The molecule has 0 aliphatic carbocycles. The molecule has 88 valence electrons. The maximum Gasteiger partial charge on any atom is 0.225 e. The molecule has 5 nitrogen and oxygen atoms in total. The second-order valence-corrected chi connectivity index (χ2v) is 5.90. The largest absolute Gasteiger partial charge is 0.325 e. The van der Waals surface area contributed by atoms with E-state index in [0.29, 0.717) is 17.4 Å². The fourth-order valence-electron chi connectivity index (χ4n) is 0.983. The van der Waals surface area contributed by atoms with Crippen LogP contribution in [-0.4, -0.2) is 30.9 Å². The highest BCUT2D eigenvalue weighted by Crippen LogP contribution is 2.10. The predicted molar refractivity (Wildman–Crippen MR) is 64.4 cm³/mol. The molecule has 0 atom stereocenters. The summed E-state index contributed by atoms with van der Waals surface area (Å²) in [6.07, 6.45) is 2.76. The van der Waals surface area contributed by atoms with Crippen LogP contribution in [0, 0.1) is 0 Å². The average Bonchev–Trinajstić information content (AvgIpc) is 2.17. The lowest BCUT2D eigenvalue weighted by Crippen LogP contribution is -2.12. The molecule has 7 heteroatoms. The molecule has 0 radical (unpaired) electrons. The van der Waals surface area contributed by atoms with Crippen LogP contribution in [0.4, 0.5) is 5.69 Å². The van der Waals surface area contributed by atoms with Crippen LogP contribution >= 0.6 is 15.9 Å². The molecule has 0 aliphatic rings. The number of anilines is 1. The Morgan fingerprint density at radius 3 is 2.62 bits per heavy atom. The molecule has 0 unspecified atom stereocenters. The summed E-state index contributed by atoms with van der Waals surface area (Å²) in [5, 5.41) is 3.16. The molecule has 1 aromatic heterocycles. The van der Waals surface area contributed by atoms with Crippen molar-refractivity contribution < 1.29 is 13.2 Å². The average molecular weight is 307 g/mol. The van der Waals surface area contributed by atoms with E-state index in [2.05, 4.69) is 26.2 Å². The minimum atomic E-state index is -3.29. The van der Waals surface area contributed by atoms with E-state index in [1.165, 1.54) is 18.3 Å². The number of halogens is 1. The first-order valence-corrected chi connectivity index (χ1v) is 7.46. The number of carbonyl (C=O) groups is 1. The smallest absolute Gasteiger partial charge is 0.225 e. The first-order valence-electron chi connectivity index (χ1n) is 4.45. The lowest BCUT2D eigenvalue weighted by Gasteiger charge is -2.03. The van der Waals surface area contributed by atoms with Crippen molar-refractivity contribution in [3.8, 4) is 0 Å². The fourth-order valence-corrected chi connectivity index (χ4v) is 1.90. The van der Waals surface area contributed by atoms with Gasteiger partial charge in [-0.15, -0.1) is 0 Å². The molecule has 1 heterocycles. The Bertz CT molecular complexity index is 470. The summed E-state index contributed by atoms with van der Waals surface area (Å²) in [6.45, 7) is 0. The maximum absolute atomic E-state index is 11.2. The van der Waals surface area contributed by atoms with Gasteiger partial charge in [-0.2, -0.15) is 0 Å². The van der Waals surface area contributed by atoms with Gasteiger partial charge in [0, 0.05) is 18.0 Å². The van der Waals surface area contributed by atoms with Gasteiger partial charge in [0.05, 0.1) is 11.9 Å². The number of alkyl halides is 1. The minimum Gasteiger partial charge on any atom is -0.325 e. The van der Waals surface area contributed by atoms with Gasteiger partial charge in [-0.3, -0.25) is 4.79 Å². The highest BCUT2D eigenvalue weighted by Gasteiger charge is 2.08. The summed E-state index contributed by atoms with van der Waals surface area (Å²) in [7, 11) is -3.29. The van der Waals surface area contributed by atoms with Gasteiger partial charge < -0.3 is 5.32 Å². The van der Waals surface area contributed by atoms with E-state index < -0.39 is 9.84 Å². The quantitative estimate of drug-likeness (QED) is 0.848. The topological polar surface area (TPSA) is 76.1 Å². The molecule has 0 fully saturated rings. The number of carbonyl (C=O) groups excluding carboxylic acids is 1. The zero-order chi connectivity index (χ0) is 12.2. The molecular weight excluding hydrogens is 296 g/mol.